The number of aryl methyl sites for hydroxylation is 1. The van der Waals surface area contributed by atoms with Crippen LogP contribution in [0.15, 0.2) is 29.1 Å². The lowest BCUT2D eigenvalue weighted by Crippen LogP contribution is -2.47. The van der Waals surface area contributed by atoms with Crippen LogP contribution >= 0.6 is 0 Å². The van der Waals surface area contributed by atoms with Crippen LogP contribution in [0, 0.1) is 0 Å². The Kier molecular flexibility index (Phi) is 4.12. The normalized spacial score (nSPS) is 21.7. The Morgan fingerprint density at radius 1 is 1.38 bits per heavy atom. The largest absolute Gasteiger partial charge is 0.468 e. The second-order valence-corrected chi connectivity index (χ2v) is 6.43. The summed E-state index contributed by atoms with van der Waals surface area (Å²) < 4.78 is 12.8. The summed E-state index contributed by atoms with van der Waals surface area (Å²) in [6.07, 6.45) is 3.49. The zero-order chi connectivity index (χ0) is 16.5. The smallest absolute Gasteiger partial charge is 0.233 e. The summed E-state index contributed by atoms with van der Waals surface area (Å²) in [6.45, 7) is 4.68. The summed E-state index contributed by atoms with van der Waals surface area (Å²) in [5.74, 6) is 0.897. The minimum atomic E-state index is -0.186. The third kappa shape index (κ3) is 2.85. The zero-order valence-corrected chi connectivity index (χ0v) is 13.9. The first-order valence-corrected chi connectivity index (χ1v) is 8.33. The summed E-state index contributed by atoms with van der Waals surface area (Å²) in [4.78, 5) is 21.8. The molecule has 7 nitrogen and oxygen atoms in total. The van der Waals surface area contributed by atoms with Gasteiger partial charge in [0.2, 0.25) is 5.91 Å². The predicted molar refractivity (Wildman–Crippen MR) is 86.2 cm³/mol. The van der Waals surface area contributed by atoms with Crippen LogP contribution < -0.4 is 0 Å². The maximum absolute atomic E-state index is 13.1. The van der Waals surface area contributed by atoms with Gasteiger partial charge in [-0.2, -0.15) is 0 Å². The first-order chi connectivity index (χ1) is 11.7. The van der Waals surface area contributed by atoms with Gasteiger partial charge in [0.05, 0.1) is 49.7 Å². The Bertz CT molecular complexity index is 703. The molecule has 0 saturated carbocycles. The van der Waals surface area contributed by atoms with Gasteiger partial charge in [-0.1, -0.05) is 0 Å². The molecule has 1 fully saturated rings. The molecular weight excluding hydrogens is 308 g/mol. The molecule has 128 valence electrons. The van der Waals surface area contributed by atoms with E-state index in [1.165, 1.54) is 0 Å². The van der Waals surface area contributed by atoms with E-state index in [1.54, 1.807) is 12.6 Å². The Morgan fingerprint density at radius 2 is 2.21 bits per heavy atom. The van der Waals surface area contributed by atoms with E-state index in [-0.39, 0.29) is 11.8 Å². The molecule has 0 unspecified atom stereocenters. The summed E-state index contributed by atoms with van der Waals surface area (Å²) in [5, 5.41) is 0. The standard InChI is InChI=1S/C17H22N4O3/c1-19-12-18-15-11-20(9-13-3-2-6-24-13)10-14(16(15)19)17(22)21-4-7-23-8-5-21/h2-3,6,12,14H,4-5,7-11H2,1H3/t14-/m1/s1. The minimum absolute atomic E-state index is 0.173. The Labute approximate surface area is 140 Å². The molecule has 0 spiro atoms. The van der Waals surface area contributed by atoms with Crippen molar-refractivity contribution in [2.24, 2.45) is 7.05 Å². The van der Waals surface area contributed by atoms with Gasteiger partial charge in [0.15, 0.2) is 0 Å². The van der Waals surface area contributed by atoms with E-state index < -0.39 is 0 Å². The number of imidazole rings is 1. The second-order valence-electron chi connectivity index (χ2n) is 6.43. The average Bonchev–Trinajstić information content (AvgIpc) is 3.25. The van der Waals surface area contributed by atoms with Crippen molar-refractivity contribution in [1.29, 1.82) is 0 Å². The molecule has 4 heterocycles. The van der Waals surface area contributed by atoms with E-state index in [1.807, 2.05) is 28.6 Å². The van der Waals surface area contributed by atoms with Crippen LogP contribution in [0.3, 0.4) is 0 Å². The first-order valence-electron chi connectivity index (χ1n) is 8.33. The van der Waals surface area contributed by atoms with Gasteiger partial charge in [-0.25, -0.2) is 4.98 Å². The average molecular weight is 330 g/mol. The molecule has 2 aliphatic rings. The number of aromatic nitrogens is 2. The van der Waals surface area contributed by atoms with Gasteiger partial charge in [0.1, 0.15) is 5.76 Å². The first kappa shape index (κ1) is 15.4. The number of hydrogen-bond acceptors (Lipinski definition) is 5. The third-order valence-corrected chi connectivity index (χ3v) is 4.79. The van der Waals surface area contributed by atoms with E-state index in [9.17, 15) is 4.79 Å². The molecule has 24 heavy (non-hydrogen) atoms. The lowest BCUT2D eigenvalue weighted by molar-refractivity contribution is -0.138. The van der Waals surface area contributed by atoms with Crippen LogP contribution in [-0.2, 0) is 29.7 Å². The van der Waals surface area contributed by atoms with Crippen molar-refractivity contribution in [2.75, 3.05) is 32.8 Å². The number of ether oxygens (including phenoxy) is 1. The van der Waals surface area contributed by atoms with Gasteiger partial charge < -0.3 is 18.6 Å². The van der Waals surface area contributed by atoms with Crippen molar-refractivity contribution in [3.05, 3.63) is 41.9 Å². The number of fused-ring (bicyclic) bond motifs is 1. The molecule has 0 bridgehead atoms. The zero-order valence-electron chi connectivity index (χ0n) is 13.9. The van der Waals surface area contributed by atoms with Crippen LogP contribution in [0.5, 0.6) is 0 Å². The highest BCUT2D eigenvalue weighted by Crippen LogP contribution is 2.30. The monoisotopic (exact) mass is 330 g/mol. The van der Waals surface area contributed by atoms with Crippen molar-refractivity contribution in [1.82, 2.24) is 19.4 Å². The van der Waals surface area contributed by atoms with Crippen LogP contribution in [0.1, 0.15) is 23.1 Å². The van der Waals surface area contributed by atoms with E-state index in [0.717, 1.165) is 23.7 Å². The Morgan fingerprint density at radius 3 is 2.96 bits per heavy atom. The lowest BCUT2D eigenvalue weighted by Gasteiger charge is -2.36. The fraction of sp³-hybridized carbons (Fsp3) is 0.529. The van der Waals surface area contributed by atoms with Crippen LogP contribution in [0.25, 0.3) is 0 Å². The number of rotatable bonds is 3. The molecule has 1 amide bonds. The third-order valence-electron chi connectivity index (χ3n) is 4.79. The molecule has 1 saturated heterocycles. The molecular formula is C17H22N4O3. The minimum Gasteiger partial charge on any atom is -0.468 e. The van der Waals surface area contributed by atoms with E-state index in [0.29, 0.717) is 39.4 Å². The molecule has 7 heteroatoms. The highest BCUT2D eigenvalue weighted by molar-refractivity contribution is 5.84. The molecule has 2 aliphatic heterocycles. The summed E-state index contributed by atoms with van der Waals surface area (Å²) >= 11 is 0. The molecule has 0 aliphatic carbocycles. The van der Waals surface area contributed by atoms with Gasteiger partial charge in [0.25, 0.3) is 0 Å². The van der Waals surface area contributed by atoms with Gasteiger partial charge in [-0.3, -0.25) is 9.69 Å². The lowest BCUT2D eigenvalue weighted by atomic mass is 9.96. The maximum atomic E-state index is 13.1. The Balaban J connectivity index is 1.58. The number of amides is 1. The molecule has 2 aromatic rings. The second kappa shape index (κ2) is 6.41. The fourth-order valence-electron chi connectivity index (χ4n) is 3.62. The topological polar surface area (TPSA) is 63.7 Å². The molecule has 0 radical (unpaired) electrons. The van der Waals surface area contributed by atoms with E-state index >= 15 is 0 Å². The van der Waals surface area contributed by atoms with E-state index in [2.05, 4.69) is 9.88 Å². The van der Waals surface area contributed by atoms with Gasteiger partial charge >= 0.3 is 0 Å². The number of morpholine rings is 1. The van der Waals surface area contributed by atoms with Gasteiger partial charge in [-0.05, 0) is 12.1 Å². The number of carbonyl (C=O) groups is 1. The van der Waals surface area contributed by atoms with Crippen LogP contribution in [0.2, 0.25) is 0 Å². The molecule has 4 rings (SSSR count). The van der Waals surface area contributed by atoms with Crippen LogP contribution in [0.4, 0.5) is 0 Å². The summed E-state index contributed by atoms with van der Waals surface area (Å²) in [5.41, 5.74) is 2.03. The van der Waals surface area contributed by atoms with Crippen molar-refractivity contribution >= 4 is 5.91 Å². The molecule has 0 N–H and O–H groups in total. The van der Waals surface area contributed by atoms with Gasteiger partial charge in [-0.15, -0.1) is 0 Å². The molecule has 2 aromatic heterocycles. The highest BCUT2D eigenvalue weighted by Gasteiger charge is 2.36. The van der Waals surface area contributed by atoms with Crippen molar-refractivity contribution in [3.63, 3.8) is 0 Å². The number of nitrogens with zero attached hydrogens (tertiary/aromatic N) is 4. The number of hydrogen-bond donors (Lipinski definition) is 0. The van der Waals surface area contributed by atoms with Crippen molar-refractivity contribution < 1.29 is 13.9 Å². The molecule has 0 aromatic carbocycles. The Hall–Kier alpha value is -2.12. The maximum Gasteiger partial charge on any atom is 0.233 e. The fourth-order valence-corrected chi connectivity index (χ4v) is 3.62. The molecule has 1 atom stereocenters. The SMILES string of the molecule is Cn1cnc2c1[C@H](C(=O)N1CCOCC1)CN(Cc1ccco1)C2. The van der Waals surface area contributed by atoms with E-state index in [4.69, 9.17) is 9.15 Å². The van der Waals surface area contributed by atoms with Gasteiger partial charge in [0, 0.05) is 33.2 Å². The quantitative estimate of drug-likeness (QED) is 0.839. The van der Waals surface area contributed by atoms with Crippen molar-refractivity contribution in [2.45, 2.75) is 19.0 Å². The summed E-state index contributed by atoms with van der Waals surface area (Å²) in [6, 6.07) is 3.86. The number of carbonyl (C=O) groups excluding carboxylic acids is 1. The number of furan rings is 1. The summed E-state index contributed by atoms with van der Waals surface area (Å²) in [7, 11) is 1.97. The highest BCUT2D eigenvalue weighted by atomic mass is 16.5. The van der Waals surface area contributed by atoms with Crippen molar-refractivity contribution in [3.8, 4) is 0 Å². The van der Waals surface area contributed by atoms with Crippen LogP contribution in [-0.4, -0.2) is 58.1 Å². The predicted octanol–water partition coefficient (Wildman–Crippen LogP) is 0.971.